The van der Waals surface area contributed by atoms with E-state index in [-0.39, 0.29) is 0 Å². The van der Waals surface area contributed by atoms with E-state index in [2.05, 4.69) is 36.8 Å². The zero-order valence-corrected chi connectivity index (χ0v) is 12.7. The highest BCUT2D eigenvalue weighted by molar-refractivity contribution is 9.11. The van der Waals surface area contributed by atoms with Crippen LogP contribution in [0.15, 0.2) is 49.8 Å². The van der Waals surface area contributed by atoms with Gasteiger partial charge in [0.2, 0.25) is 5.89 Å². The Hall–Kier alpha value is -1.13. The molecule has 2 aromatic carbocycles. The number of hydrogen-bond donors (Lipinski definition) is 0. The standard InChI is InChI=1S/C14H9Br2NO/c1-8-5-11(16)13-12(6-8)17-14(18-13)9-3-2-4-10(15)7-9/h2-7H,1H3. The van der Waals surface area contributed by atoms with Crippen LogP contribution in [0.4, 0.5) is 0 Å². The summed E-state index contributed by atoms with van der Waals surface area (Å²) in [5, 5.41) is 0. The summed E-state index contributed by atoms with van der Waals surface area (Å²) < 4.78 is 7.76. The second kappa shape index (κ2) is 4.52. The second-order valence-corrected chi connectivity index (χ2v) is 5.89. The fraction of sp³-hybridized carbons (Fsp3) is 0.0714. The first-order chi connectivity index (χ1) is 8.63. The van der Waals surface area contributed by atoms with Gasteiger partial charge >= 0.3 is 0 Å². The predicted octanol–water partition coefficient (Wildman–Crippen LogP) is 5.33. The monoisotopic (exact) mass is 365 g/mol. The van der Waals surface area contributed by atoms with Crippen LogP contribution >= 0.6 is 31.9 Å². The van der Waals surface area contributed by atoms with E-state index in [1.807, 2.05) is 43.3 Å². The molecule has 0 amide bonds. The Labute approximate surface area is 121 Å². The average molecular weight is 367 g/mol. The lowest BCUT2D eigenvalue weighted by Gasteiger charge is -1.95. The Morgan fingerprint density at radius 3 is 2.72 bits per heavy atom. The quantitative estimate of drug-likeness (QED) is 0.581. The highest BCUT2D eigenvalue weighted by atomic mass is 79.9. The molecule has 0 aliphatic heterocycles. The van der Waals surface area contributed by atoms with Crippen molar-refractivity contribution >= 4 is 43.0 Å². The molecule has 18 heavy (non-hydrogen) atoms. The minimum Gasteiger partial charge on any atom is -0.435 e. The molecule has 0 N–H and O–H groups in total. The van der Waals surface area contributed by atoms with Gasteiger partial charge in [-0.25, -0.2) is 4.98 Å². The number of halogens is 2. The van der Waals surface area contributed by atoms with Gasteiger partial charge in [0.1, 0.15) is 5.52 Å². The summed E-state index contributed by atoms with van der Waals surface area (Å²) in [7, 11) is 0. The Kier molecular flexibility index (Phi) is 2.99. The summed E-state index contributed by atoms with van der Waals surface area (Å²) in [5.74, 6) is 0.637. The topological polar surface area (TPSA) is 26.0 Å². The molecule has 0 bridgehead atoms. The van der Waals surface area contributed by atoms with E-state index in [1.165, 1.54) is 0 Å². The summed E-state index contributed by atoms with van der Waals surface area (Å²) in [4.78, 5) is 4.53. The van der Waals surface area contributed by atoms with Crippen LogP contribution in [0.3, 0.4) is 0 Å². The number of oxazole rings is 1. The lowest BCUT2D eigenvalue weighted by Crippen LogP contribution is -1.77. The summed E-state index contributed by atoms with van der Waals surface area (Å²) in [6, 6.07) is 12.0. The summed E-state index contributed by atoms with van der Waals surface area (Å²) in [6.07, 6.45) is 0. The molecule has 4 heteroatoms. The summed E-state index contributed by atoms with van der Waals surface area (Å²) in [6.45, 7) is 2.04. The first kappa shape index (κ1) is 11.9. The van der Waals surface area contributed by atoms with Crippen LogP contribution in [0.5, 0.6) is 0 Å². The molecule has 0 spiro atoms. The number of fused-ring (bicyclic) bond motifs is 1. The molecule has 90 valence electrons. The molecule has 0 saturated heterocycles. The van der Waals surface area contributed by atoms with Crippen LogP contribution in [-0.2, 0) is 0 Å². The van der Waals surface area contributed by atoms with Crippen LogP contribution in [0.2, 0.25) is 0 Å². The number of aryl methyl sites for hydroxylation is 1. The fourth-order valence-electron chi connectivity index (χ4n) is 1.87. The third-order valence-corrected chi connectivity index (χ3v) is 3.74. The smallest absolute Gasteiger partial charge is 0.227 e. The molecule has 0 radical (unpaired) electrons. The zero-order valence-electron chi connectivity index (χ0n) is 9.58. The first-order valence-corrected chi connectivity index (χ1v) is 7.05. The maximum Gasteiger partial charge on any atom is 0.227 e. The van der Waals surface area contributed by atoms with Gasteiger partial charge in [-0.2, -0.15) is 0 Å². The number of hydrogen-bond acceptors (Lipinski definition) is 2. The van der Waals surface area contributed by atoms with Gasteiger partial charge in [-0.1, -0.05) is 22.0 Å². The van der Waals surface area contributed by atoms with Crippen molar-refractivity contribution in [3.63, 3.8) is 0 Å². The summed E-state index contributed by atoms with van der Waals surface area (Å²) in [5.41, 5.74) is 3.78. The van der Waals surface area contributed by atoms with E-state index in [9.17, 15) is 0 Å². The van der Waals surface area contributed by atoms with Crippen molar-refractivity contribution in [1.82, 2.24) is 4.98 Å². The third kappa shape index (κ3) is 2.10. The largest absolute Gasteiger partial charge is 0.435 e. The normalized spacial score (nSPS) is 11.1. The molecule has 1 aromatic heterocycles. The van der Waals surface area contributed by atoms with Gasteiger partial charge in [0.05, 0.1) is 4.47 Å². The second-order valence-electron chi connectivity index (χ2n) is 4.12. The van der Waals surface area contributed by atoms with Crippen molar-refractivity contribution in [2.75, 3.05) is 0 Å². The minimum atomic E-state index is 0.637. The molecule has 0 atom stereocenters. The van der Waals surface area contributed by atoms with Crippen molar-refractivity contribution in [3.05, 3.63) is 50.9 Å². The van der Waals surface area contributed by atoms with Gasteiger partial charge in [-0.15, -0.1) is 0 Å². The molecular weight excluding hydrogens is 358 g/mol. The molecule has 0 aliphatic carbocycles. The van der Waals surface area contributed by atoms with E-state index < -0.39 is 0 Å². The van der Waals surface area contributed by atoms with Crippen LogP contribution in [0.1, 0.15) is 5.56 Å². The predicted molar refractivity (Wildman–Crippen MR) is 79.6 cm³/mol. The molecule has 0 fully saturated rings. The molecule has 3 aromatic rings. The van der Waals surface area contributed by atoms with Crippen molar-refractivity contribution in [2.45, 2.75) is 6.92 Å². The van der Waals surface area contributed by atoms with Crippen LogP contribution in [0, 0.1) is 6.92 Å². The molecule has 0 saturated carbocycles. The highest BCUT2D eigenvalue weighted by Gasteiger charge is 2.11. The Morgan fingerprint density at radius 1 is 1.11 bits per heavy atom. The Morgan fingerprint density at radius 2 is 1.94 bits per heavy atom. The Balaban J connectivity index is 2.22. The van der Waals surface area contributed by atoms with E-state index in [1.54, 1.807) is 0 Å². The molecule has 1 heterocycles. The van der Waals surface area contributed by atoms with E-state index in [0.717, 1.165) is 31.2 Å². The highest BCUT2D eigenvalue weighted by Crippen LogP contribution is 2.31. The fourth-order valence-corrected chi connectivity index (χ4v) is 2.91. The molecule has 3 rings (SSSR count). The Bertz CT molecular complexity index is 734. The lowest BCUT2D eigenvalue weighted by molar-refractivity contribution is 0.618. The van der Waals surface area contributed by atoms with Crippen LogP contribution in [-0.4, -0.2) is 4.98 Å². The third-order valence-electron chi connectivity index (χ3n) is 2.66. The van der Waals surface area contributed by atoms with Gasteiger partial charge in [0.15, 0.2) is 5.58 Å². The van der Waals surface area contributed by atoms with E-state index in [0.29, 0.717) is 5.89 Å². The van der Waals surface area contributed by atoms with Gasteiger partial charge < -0.3 is 4.42 Å². The van der Waals surface area contributed by atoms with Crippen LogP contribution < -0.4 is 0 Å². The maximum absolute atomic E-state index is 5.82. The number of aromatic nitrogens is 1. The molecule has 2 nitrogen and oxygen atoms in total. The number of benzene rings is 2. The van der Waals surface area contributed by atoms with E-state index >= 15 is 0 Å². The van der Waals surface area contributed by atoms with Gasteiger partial charge in [0.25, 0.3) is 0 Å². The number of rotatable bonds is 1. The van der Waals surface area contributed by atoms with Gasteiger partial charge in [-0.3, -0.25) is 0 Å². The maximum atomic E-state index is 5.82. The van der Waals surface area contributed by atoms with Crippen molar-refractivity contribution in [1.29, 1.82) is 0 Å². The summed E-state index contributed by atoms with van der Waals surface area (Å²) >= 11 is 6.96. The van der Waals surface area contributed by atoms with Crippen molar-refractivity contribution in [3.8, 4) is 11.5 Å². The first-order valence-electron chi connectivity index (χ1n) is 5.46. The molecular formula is C14H9Br2NO. The van der Waals surface area contributed by atoms with E-state index in [4.69, 9.17) is 4.42 Å². The minimum absolute atomic E-state index is 0.637. The SMILES string of the molecule is Cc1cc(Br)c2oc(-c3cccc(Br)c3)nc2c1. The zero-order chi connectivity index (χ0) is 12.7. The van der Waals surface area contributed by atoms with Gasteiger partial charge in [-0.05, 0) is 58.7 Å². The molecule has 0 aliphatic rings. The van der Waals surface area contributed by atoms with Gasteiger partial charge in [0, 0.05) is 10.0 Å². The van der Waals surface area contributed by atoms with Crippen LogP contribution in [0.25, 0.3) is 22.6 Å². The molecule has 0 unspecified atom stereocenters. The average Bonchev–Trinajstić information content (AvgIpc) is 2.73. The lowest BCUT2D eigenvalue weighted by atomic mass is 10.2. The number of nitrogens with zero attached hydrogens (tertiary/aromatic N) is 1. The van der Waals surface area contributed by atoms with Crippen molar-refractivity contribution < 1.29 is 4.42 Å². The van der Waals surface area contributed by atoms with Crippen molar-refractivity contribution in [2.24, 2.45) is 0 Å².